The number of carbonyl (C=O) groups is 1. The van der Waals surface area contributed by atoms with Crippen LogP contribution in [0.4, 0.5) is 10.5 Å². The summed E-state index contributed by atoms with van der Waals surface area (Å²) in [5.74, 6) is 0.506. The minimum Gasteiger partial charge on any atom is -0.383 e. The van der Waals surface area contributed by atoms with Gasteiger partial charge in [-0.05, 0) is 43.5 Å². The smallest absolute Gasteiger partial charge is 0.322 e. The number of anilines is 1. The maximum atomic E-state index is 13.5. The summed E-state index contributed by atoms with van der Waals surface area (Å²) < 4.78 is 6.86. The van der Waals surface area contributed by atoms with Crippen molar-refractivity contribution in [3.05, 3.63) is 81.9 Å². The van der Waals surface area contributed by atoms with Crippen molar-refractivity contribution in [2.45, 2.75) is 26.4 Å². The number of aromatic nitrogens is 2. The molecule has 176 valence electrons. The van der Waals surface area contributed by atoms with Gasteiger partial charge in [0.2, 0.25) is 0 Å². The number of ether oxygens (including phenoxy) is 1. The van der Waals surface area contributed by atoms with E-state index in [4.69, 9.17) is 21.3 Å². The van der Waals surface area contributed by atoms with E-state index in [0.29, 0.717) is 47.1 Å². The summed E-state index contributed by atoms with van der Waals surface area (Å²) >= 11 is 6.11. The lowest BCUT2D eigenvalue weighted by molar-refractivity contribution is 0.136. The third-order valence-electron chi connectivity index (χ3n) is 5.93. The first-order valence-corrected chi connectivity index (χ1v) is 11.6. The standard InChI is InChI=1S/C26H27ClN4O3/c1-4-30-24(28-23-13-12-19(27)16-21(23)25(30)32)17(2)31(14-15-34-3)26(33)29-22-11-7-9-18-8-5-6-10-20(18)22/h5-13,16-17H,4,14-15H2,1-3H3,(H,29,33). The Morgan fingerprint density at radius 3 is 2.68 bits per heavy atom. The first-order valence-electron chi connectivity index (χ1n) is 11.2. The number of fused-ring (bicyclic) bond motifs is 2. The fraction of sp³-hybridized carbons (Fsp3) is 0.269. The summed E-state index contributed by atoms with van der Waals surface area (Å²) in [7, 11) is 1.59. The number of hydrogen-bond donors (Lipinski definition) is 1. The largest absolute Gasteiger partial charge is 0.383 e. The molecule has 0 radical (unpaired) electrons. The Hall–Kier alpha value is -3.42. The molecule has 0 fully saturated rings. The quantitative estimate of drug-likeness (QED) is 0.382. The molecule has 7 nitrogen and oxygen atoms in total. The van der Waals surface area contributed by atoms with Crippen LogP contribution in [0.2, 0.25) is 5.02 Å². The van der Waals surface area contributed by atoms with Crippen LogP contribution in [0.3, 0.4) is 0 Å². The second kappa shape index (κ2) is 10.2. The SMILES string of the molecule is CCn1c(C(C)N(CCOC)C(=O)Nc2cccc3ccccc23)nc2ccc(Cl)cc2c1=O. The molecule has 34 heavy (non-hydrogen) atoms. The van der Waals surface area contributed by atoms with Gasteiger partial charge in [-0.15, -0.1) is 0 Å². The lowest BCUT2D eigenvalue weighted by Gasteiger charge is -2.30. The highest BCUT2D eigenvalue weighted by Gasteiger charge is 2.26. The molecular weight excluding hydrogens is 452 g/mol. The Labute approximate surface area is 202 Å². The van der Waals surface area contributed by atoms with Crippen LogP contribution in [-0.4, -0.2) is 40.7 Å². The van der Waals surface area contributed by atoms with Crippen molar-refractivity contribution >= 4 is 45.0 Å². The summed E-state index contributed by atoms with van der Waals surface area (Å²) in [6, 6.07) is 17.9. The van der Waals surface area contributed by atoms with Gasteiger partial charge >= 0.3 is 6.03 Å². The summed E-state index contributed by atoms with van der Waals surface area (Å²) in [4.78, 5) is 33.1. The molecule has 0 aliphatic carbocycles. The predicted octanol–water partition coefficient (Wildman–Crippen LogP) is 5.46. The number of amides is 2. The van der Waals surface area contributed by atoms with Crippen molar-refractivity contribution < 1.29 is 9.53 Å². The third-order valence-corrected chi connectivity index (χ3v) is 6.17. The molecule has 1 N–H and O–H groups in total. The molecule has 2 amide bonds. The molecule has 0 saturated carbocycles. The Balaban J connectivity index is 1.74. The van der Waals surface area contributed by atoms with Crippen molar-refractivity contribution in [3.8, 4) is 0 Å². The van der Waals surface area contributed by atoms with Gasteiger partial charge < -0.3 is 15.0 Å². The lowest BCUT2D eigenvalue weighted by Crippen LogP contribution is -2.41. The van der Waals surface area contributed by atoms with Gasteiger partial charge in [-0.2, -0.15) is 0 Å². The van der Waals surface area contributed by atoms with Gasteiger partial charge in [-0.3, -0.25) is 9.36 Å². The summed E-state index contributed by atoms with van der Waals surface area (Å²) in [6.45, 7) is 4.83. The number of methoxy groups -OCH3 is 1. The summed E-state index contributed by atoms with van der Waals surface area (Å²) in [5, 5.41) is 5.95. The Morgan fingerprint density at radius 2 is 1.91 bits per heavy atom. The molecular formula is C26H27ClN4O3. The average Bonchev–Trinajstić information content (AvgIpc) is 2.84. The first-order chi connectivity index (χ1) is 16.4. The fourth-order valence-corrected chi connectivity index (χ4v) is 4.33. The van der Waals surface area contributed by atoms with E-state index in [-0.39, 0.29) is 11.6 Å². The van der Waals surface area contributed by atoms with Gasteiger partial charge in [0, 0.05) is 30.6 Å². The van der Waals surface area contributed by atoms with Crippen LogP contribution >= 0.6 is 11.6 Å². The van der Waals surface area contributed by atoms with Crippen LogP contribution in [-0.2, 0) is 11.3 Å². The van der Waals surface area contributed by atoms with Crippen LogP contribution < -0.4 is 10.9 Å². The monoisotopic (exact) mass is 478 g/mol. The van der Waals surface area contributed by atoms with Crippen LogP contribution in [0.25, 0.3) is 21.7 Å². The zero-order valence-electron chi connectivity index (χ0n) is 19.4. The molecule has 0 spiro atoms. The highest BCUT2D eigenvalue weighted by Crippen LogP contribution is 2.26. The number of halogens is 1. The van der Waals surface area contributed by atoms with E-state index < -0.39 is 6.04 Å². The number of nitrogens with one attached hydrogen (secondary N) is 1. The van der Waals surface area contributed by atoms with Crippen LogP contribution in [0.1, 0.15) is 25.7 Å². The number of nitrogens with zero attached hydrogens (tertiary/aromatic N) is 3. The summed E-state index contributed by atoms with van der Waals surface area (Å²) in [6.07, 6.45) is 0. The van der Waals surface area contributed by atoms with E-state index in [0.717, 1.165) is 10.8 Å². The third kappa shape index (κ3) is 4.62. The first kappa shape index (κ1) is 23.7. The van der Waals surface area contributed by atoms with Gasteiger partial charge in [0.25, 0.3) is 5.56 Å². The van der Waals surface area contributed by atoms with E-state index in [1.807, 2.05) is 56.3 Å². The number of urea groups is 1. The van der Waals surface area contributed by atoms with Gasteiger partial charge in [0.05, 0.1) is 29.2 Å². The molecule has 1 unspecified atom stereocenters. The maximum Gasteiger partial charge on any atom is 0.322 e. The molecule has 0 aliphatic rings. The number of hydrogen-bond acceptors (Lipinski definition) is 4. The topological polar surface area (TPSA) is 76.5 Å². The molecule has 4 aromatic rings. The second-order valence-electron chi connectivity index (χ2n) is 8.00. The Bertz CT molecular complexity index is 1400. The van der Waals surface area contributed by atoms with Gasteiger partial charge in [-0.1, -0.05) is 48.0 Å². The Morgan fingerprint density at radius 1 is 1.15 bits per heavy atom. The minimum atomic E-state index is -0.488. The van der Waals surface area contributed by atoms with Gasteiger partial charge in [0.15, 0.2) is 0 Å². The molecule has 1 heterocycles. The molecule has 0 saturated heterocycles. The normalized spacial score (nSPS) is 12.1. The highest BCUT2D eigenvalue weighted by molar-refractivity contribution is 6.31. The average molecular weight is 479 g/mol. The van der Waals surface area contributed by atoms with E-state index in [1.165, 1.54) is 0 Å². The molecule has 0 bridgehead atoms. The zero-order valence-corrected chi connectivity index (χ0v) is 20.2. The van der Waals surface area contributed by atoms with E-state index in [1.54, 1.807) is 34.8 Å². The minimum absolute atomic E-state index is 0.182. The summed E-state index contributed by atoms with van der Waals surface area (Å²) in [5.41, 5.74) is 1.08. The lowest BCUT2D eigenvalue weighted by atomic mass is 10.1. The van der Waals surface area contributed by atoms with Gasteiger partial charge in [0.1, 0.15) is 5.82 Å². The van der Waals surface area contributed by atoms with Crippen molar-refractivity contribution in [3.63, 3.8) is 0 Å². The number of rotatable bonds is 7. The molecule has 4 rings (SSSR count). The van der Waals surface area contributed by atoms with Crippen LogP contribution in [0.5, 0.6) is 0 Å². The second-order valence-corrected chi connectivity index (χ2v) is 8.44. The van der Waals surface area contributed by atoms with Crippen LogP contribution in [0.15, 0.2) is 65.5 Å². The van der Waals surface area contributed by atoms with Crippen molar-refractivity contribution in [1.29, 1.82) is 0 Å². The Kier molecular flexibility index (Phi) is 7.14. The van der Waals surface area contributed by atoms with Crippen molar-refractivity contribution in [2.75, 3.05) is 25.6 Å². The molecule has 0 aliphatic heterocycles. The van der Waals surface area contributed by atoms with Crippen molar-refractivity contribution in [2.24, 2.45) is 0 Å². The van der Waals surface area contributed by atoms with Gasteiger partial charge in [-0.25, -0.2) is 9.78 Å². The van der Waals surface area contributed by atoms with Crippen LogP contribution in [0, 0.1) is 0 Å². The van der Waals surface area contributed by atoms with E-state index >= 15 is 0 Å². The predicted molar refractivity (Wildman–Crippen MR) is 137 cm³/mol. The highest BCUT2D eigenvalue weighted by atomic mass is 35.5. The van der Waals surface area contributed by atoms with E-state index in [9.17, 15) is 9.59 Å². The maximum absolute atomic E-state index is 13.5. The molecule has 1 aromatic heterocycles. The molecule has 3 aromatic carbocycles. The fourth-order valence-electron chi connectivity index (χ4n) is 4.16. The zero-order chi connectivity index (χ0) is 24.2. The van der Waals surface area contributed by atoms with E-state index in [2.05, 4.69) is 5.32 Å². The molecule has 8 heteroatoms. The van der Waals surface area contributed by atoms with Crippen molar-refractivity contribution in [1.82, 2.24) is 14.5 Å². The molecule has 1 atom stereocenters. The number of carbonyl (C=O) groups excluding carboxylic acids is 1. The number of benzene rings is 3.